The third kappa shape index (κ3) is 4.17. The first-order valence-corrected chi connectivity index (χ1v) is 11.4. The van der Waals surface area contributed by atoms with Gasteiger partial charge in [-0.3, -0.25) is 4.79 Å². The smallest absolute Gasteiger partial charge is 0.434 e. The second kappa shape index (κ2) is 8.63. The number of carboxylic acids is 1. The summed E-state index contributed by atoms with van der Waals surface area (Å²) in [7, 11) is 0. The lowest BCUT2D eigenvalue weighted by atomic mass is 9.86. The molecule has 0 fully saturated rings. The van der Waals surface area contributed by atoms with Gasteiger partial charge in [-0.15, -0.1) is 0 Å². The van der Waals surface area contributed by atoms with Gasteiger partial charge in [-0.05, 0) is 55.9 Å². The molecule has 0 spiro atoms. The van der Waals surface area contributed by atoms with E-state index in [0.717, 1.165) is 21.4 Å². The predicted molar refractivity (Wildman–Crippen MR) is 125 cm³/mol. The number of carboxylic acid groups (broad SMARTS) is 1. The van der Waals surface area contributed by atoms with Crippen molar-refractivity contribution in [1.29, 1.82) is 0 Å². The molecule has 1 aliphatic rings. The monoisotopic (exact) mass is 496 g/mol. The second-order valence-corrected chi connectivity index (χ2v) is 9.20. The molecule has 2 heterocycles. The van der Waals surface area contributed by atoms with Crippen LogP contribution in [-0.2, 0) is 30.2 Å². The average molecular weight is 496 g/mol. The lowest BCUT2D eigenvalue weighted by molar-refractivity contribution is -0.143. The van der Waals surface area contributed by atoms with E-state index in [2.05, 4.69) is 10.3 Å². The number of carbonyl (C=O) groups is 1. The molecule has 0 amide bonds. The average Bonchev–Trinajstić information content (AvgIpc) is 3.47. The number of aliphatic carboxylic acids is 1. The molecule has 2 aromatic heterocycles. The van der Waals surface area contributed by atoms with E-state index in [4.69, 9.17) is 10.3 Å². The van der Waals surface area contributed by atoms with Crippen molar-refractivity contribution < 1.29 is 27.6 Å². The summed E-state index contributed by atoms with van der Waals surface area (Å²) in [5.74, 6) is -0.997. The van der Waals surface area contributed by atoms with E-state index < -0.39 is 23.4 Å². The molecule has 5 rings (SSSR count). The third-order valence-electron chi connectivity index (χ3n) is 6.56. The molecule has 0 bridgehead atoms. The molecule has 1 atom stereocenters. The van der Waals surface area contributed by atoms with Crippen molar-refractivity contribution in [3.05, 3.63) is 77.1 Å². The number of rotatable bonds is 6. The van der Waals surface area contributed by atoms with Crippen LogP contribution in [0.4, 0.5) is 13.2 Å². The standard InChI is InChI=1S/C26H23F3N4O3/c1-25(30,24(34)35)12-11-15-7-9-18-16(13-15)8-10-19-21(18)32-36-22(19)20-14-31-33(23(20)26(27,28)29)17-5-3-2-4-6-17/h2-7,9,13-14H,8,10-12,30H2,1H3,(H,34,35). The van der Waals surface area contributed by atoms with Crippen LogP contribution in [-0.4, -0.2) is 31.6 Å². The Kier molecular flexibility index (Phi) is 5.71. The molecule has 186 valence electrons. The molecule has 3 N–H and O–H groups in total. The second-order valence-electron chi connectivity index (χ2n) is 9.20. The van der Waals surface area contributed by atoms with Crippen LogP contribution in [0.25, 0.3) is 28.3 Å². The zero-order chi connectivity index (χ0) is 25.7. The maximum atomic E-state index is 14.2. The maximum Gasteiger partial charge on any atom is 0.434 e. The molecule has 0 saturated heterocycles. The highest BCUT2D eigenvalue weighted by atomic mass is 19.4. The lowest BCUT2D eigenvalue weighted by Crippen LogP contribution is -2.45. The molecule has 7 nitrogen and oxygen atoms in total. The molecule has 0 radical (unpaired) electrons. The number of halogens is 3. The highest BCUT2D eigenvalue weighted by Crippen LogP contribution is 2.44. The van der Waals surface area contributed by atoms with E-state index >= 15 is 0 Å². The van der Waals surface area contributed by atoms with Crippen molar-refractivity contribution in [3.8, 4) is 28.3 Å². The Morgan fingerprint density at radius 2 is 1.89 bits per heavy atom. The molecule has 1 aliphatic carbocycles. The lowest BCUT2D eigenvalue weighted by Gasteiger charge is -2.20. The number of benzene rings is 2. The van der Waals surface area contributed by atoms with Gasteiger partial charge < -0.3 is 15.4 Å². The van der Waals surface area contributed by atoms with Crippen LogP contribution in [0.1, 0.15) is 35.7 Å². The van der Waals surface area contributed by atoms with Crippen molar-refractivity contribution in [3.63, 3.8) is 0 Å². The van der Waals surface area contributed by atoms with E-state index in [-0.39, 0.29) is 17.7 Å². The van der Waals surface area contributed by atoms with Gasteiger partial charge >= 0.3 is 12.1 Å². The van der Waals surface area contributed by atoms with Gasteiger partial charge in [0, 0.05) is 11.1 Å². The molecule has 0 saturated carbocycles. The zero-order valence-corrected chi connectivity index (χ0v) is 19.3. The Labute approximate surface area is 204 Å². The first-order valence-electron chi connectivity index (χ1n) is 11.4. The van der Waals surface area contributed by atoms with Gasteiger partial charge in [0.1, 0.15) is 11.2 Å². The van der Waals surface area contributed by atoms with Crippen LogP contribution >= 0.6 is 0 Å². The number of hydrogen-bond donors (Lipinski definition) is 2. The van der Waals surface area contributed by atoms with Crippen molar-refractivity contribution in [2.75, 3.05) is 0 Å². The topological polar surface area (TPSA) is 107 Å². The van der Waals surface area contributed by atoms with E-state index in [1.54, 1.807) is 30.3 Å². The van der Waals surface area contributed by atoms with Crippen LogP contribution in [0.3, 0.4) is 0 Å². The Morgan fingerprint density at radius 1 is 1.14 bits per heavy atom. The van der Waals surface area contributed by atoms with E-state index in [1.807, 2.05) is 18.2 Å². The van der Waals surface area contributed by atoms with Crippen LogP contribution in [0.15, 0.2) is 59.3 Å². The summed E-state index contributed by atoms with van der Waals surface area (Å²) in [6, 6.07) is 13.8. The summed E-state index contributed by atoms with van der Waals surface area (Å²) >= 11 is 0. The number of hydrogen-bond acceptors (Lipinski definition) is 5. The fraction of sp³-hybridized carbons (Fsp3) is 0.269. The minimum atomic E-state index is -4.67. The summed E-state index contributed by atoms with van der Waals surface area (Å²) in [6.07, 6.45) is -1.72. The minimum absolute atomic E-state index is 0.0644. The van der Waals surface area contributed by atoms with Crippen molar-refractivity contribution in [2.24, 2.45) is 5.73 Å². The Hall–Kier alpha value is -3.92. The number of aromatic nitrogens is 3. The molecular formula is C26H23F3N4O3. The van der Waals surface area contributed by atoms with Gasteiger partial charge in [-0.1, -0.05) is 41.6 Å². The Balaban J connectivity index is 1.51. The van der Waals surface area contributed by atoms with Crippen molar-refractivity contribution >= 4 is 5.97 Å². The number of alkyl halides is 3. The fourth-order valence-electron chi connectivity index (χ4n) is 4.53. The number of fused-ring (bicyclic) bond motifs is 3. The SMILES string of the molecule is CC(N)(CCc1ccc2c(c1)CCc1c-2noc1-c1cnn(-c2ccccc2)c1C(F)(F)F)C(=O)O. The summed E-state index contributed by atoms with van der Waals surface area (Å²) < 4.78 is 48.9. The van der Waals surface area contributed by atoms with Crippen LogP contribution in [0, 0.1) is 0 Å². The highest BCUT2D eigenvalue weighted by Gasteiger charge is 2.41. The summed E-state index contributed by atoms with van der Waals surface area (Å²) in [5.41, 5.74) is 7.53. The van der Waals surface area contributed by atoms with Crippen LogP contribution in [0.2, 0.25) is 0 Å². The van der Waals surface area contributed by atoms with Crippen molar-refractivity contribution in [2.45, 2.75) is 44.3 Å². The van der Waals surface area contributed by atoms with Gasteiger partial charge in [-0.25, -0.2) is 4.68 Å². The van der Waals surface area contributed by atoms with Gasteiger partial charge in [0.25, 0.3) is 0 Å². The van der Waals surface area contributed by atoms with Crippen LogP contribution < -0.4 is 5.73 Å². The van der Waals surface area contributed by atoms with Gasteiger partial charge in [0.15, 0.2) is 11.5 Å². The summed E-state index contributed by atoms with van der Waals surface area (Å²) in [4.78, 5) is 11.3. The molecule has 1 unspecified atom stereocenters. The first-order chi connectivity index (χ1) is 17.1. The largest absolute Gasteiger partial charge is 0.480 e. The molecule has 4 aromatic rings. The summed E-state index contributed by atoms with van der Waals surface area (Å²) in [6.45, 7) is 1.48. The number of nitrogens with zero attached hydrogens (tertiary/aromatic N) is 3. The van der Waals surface area contributed by atoms with Crippen LogP contribution in [0.5, 0.6) is 0 Å². The minimum Gasteiger partial charge on any atom is -0.480 e. The molecule has 0 aliphatic heterocycles. The Morgan fingerprint density at radius 3 is 2.58 bits per heavy atom. The Bertz CT molecular complexity index is 1440. The first kappa shape index (κ1) is 23.8. The highest BCUT2D eigenvalue weighted by molar-refractivity contribution is 5.78. The normalized spacial score (nSPS) is 14.7. The quantitative estimate of drug-likeness (QED) is 0.387. The fourth-order valence-corrected chi connectivity index (χ4v) is 4.53. The van der Waals surface area contributed by atoms with E-state index in [9.17, 15) is 23.1 Å². The third-order valence-corrected chi connectivity index (χ3v) is 6.56. The van der Waals surface area contributed by atoms with Gasteiger partial charge in [-0.2, -0.15) is 18.3 Å². The molecule has 10 heteroatoms. The van der Waals surface area contributed by atoms with Gasteiger partial charge in [0.05, 0.1) is 17.4 Å². The zero-order valence-electron chi connectivity index (χ0n) is 19.3. The number of nitrogens with two attached hydrogens (primary N) is 1. The number of aryl methyl sites for hydroxylation is 2. The number of para-hydroxylation sites is 1. The van der Waals surface area contributed by atoms with Crippen molar-refractivity contribution in [1.82, 2.24) is 14.9 Å². The van der Waals surface area contributed by atoms with E-state index in [0.29, 0.717) is 36.2 Å². The molecule has 2 aromatic carbocycles. The summed E-state index contributed by atoms with van der Waals surface area (Å²) in [5, 5.41) is 17.4. The van der Waals surface area contributed by atoms with E-state index in [1.165, 1.54) is 13.1 Å². The maximum absolute atomic E-state index is 14.2. The van der Waals surface area contributed by atoms with Gasteiger partial charge in [0.2, 0.25) is 0 Å². The predicted octanol–water partition coefficient (Wildman–Crippen LogP) is 5.05. The molecule has 36 heavy (non-hydrogen) atoms. The molecular weight excluding hydrogens is 473 g/mol.